The summed E-state index contributed by atoms with van der Waals surface area (Å²) in [5, 5.41) is -0.452. The van der Waals surface area contributed by atoms with Crippen LogP contribution in [0.5, 0.6) is 0 Å². The molecule has 0 N–H and O–H groups in total. The predicted molar refractivity (Wildman–Crippen MR) is 84.8 cm³/mol. The summed E-state index contributed by atoms with van der Waals surface area (Å²) >= 11 is 5.98. The van der Waals surface area contributed by atoms with Crippen LogP contribution in [0, 0.1) is 25.7 Å². The molecule has 0 radical (unpaired) electrons. The maximum absolute atomic E-state index is 12.2. The molecule has 1 saturated carbocycles. The third-order valence-corrected chi connectivity index (χ3v) is 5.30. The third-order valence-electron chi connectivity index (χ3n) is 5.11. The summed E-state index contributed by atoms with van der Waals surface area (Å²) in [6, 6.07) is 2.54. The van der Waals surface area contributed by atoms with Gasteiger partial charge in [-0.25, -0.2) is 0 Å². The Balaban J connectivity index is 2.40. The van der Waals surface area contributed by atoms with E-state index in [1.165, 1.54) is 25.0 Å². The Morgan fingerprint density at radius 2 is 2.00 bits per heavy atom. The minimum absolute atomic E-state index is 0.0440. The summed E-state index contributed by atoms with van der Waals surface area (Å²) in [5.41, 5.74) is 3.08. The Morgan fingerprint density at radius 1 is 1.35 bits per heavy atom. The number of hydrogen-bond donors (Lipinski definition) is 0. The monoisotopic (exact) mass is 295 g/mol. The van der Waals surface area contributed by atoms with Crippen LogP contribution in [0.3, 0.4) is 0 Å². The summed E-state index contributed by atoms with van der Waals surface area (Å²) in [6.45, 7) is 10.6. The number of halogens is 1. The lowest BCUT2D eigenvalue weighted by Crippen LogP contribution is -2.28. The molecule has 112 valence electrons. The van der Waals surface area contributed by atoms with Gasteiger partial charge in [-0.1, -0.05) is 26.7 Å². The summed E-state index contributed by atoms with van der Waals surface area (Å²) < 4.78 is 2.38. The first kappa shape index (κ1) is 15.6. The fourth-order valence-corrected chi connectivity index (χ4v) is 3.79. The molecular weight excluding hydrogens is 270 g/mol. The van der Waals surface area contributed by atoms with Crippen molar-refractivity contribution in [2.45, 2.75) is 65.3 Å². The van der Waals surface area contributed by atoms with Crippen molar-refractivity contribution in [2.75, 3.05) is 0 Å². The van der Waals surface area contributed by atoms with Gasteiger partial charge in [0.05, 0.1) is 5.38 Å². The average molecular weight is 296 g/mol. The van der Waals surface area contributed by atoms with E-state index >= 15 is 0 Å². The number of alkyl halides is 1. The Bertz CT molecular complexity index is 503. The average Bonchev–Trinajstić information content (AvgIpc) is 2.68. The lowest BCUT2D eigenvalue weighted by Gasteiger charge is -2.36. The summed E-state index contributed by atoms with van der Waals surface area (Å²) in [4.78, 5) is 12.2. The largest absolute Gasteiger partial charge is 0.345 e. The van der Waals surface area contributed by atoms with Crippen LogP contribution < -0.4 is 0 Å². The molecule has 20 heavy (non-hydrogen) atoms. The molecule has 2 nitrogen and oxygen atoms in total. The Morgan fingerprint density at radius 3 is 2.60 bits per heavy atom. The smallest absolute Gasteiger partial charge is 0.182 e. The molecule has 0 saturated heterocycles. The highest BCUT2D eigenvalue weighted by atomic mass is 35.5. The molecule has 1 aromatic rings. The molecule has 1 aromatic heterocycles. The molecule has 4 unspecified atom stereocenters. The second kappa shape index (κ2) is 5.93. The number of carbonyl (C=O) groups is 1. The second-order valence-electron chi connectivity index (χ2n) is 6.47. The van der Waals surface area contributed by atoms with Crippen LogP contribution >= 0.6 is 11.6 Å². The first-order chi connectivity index (χ1) is 9.34. The minimum atomic E-state index is -0.452. The molecule has 4 atom stereocenters. The van der Waals surface area contributed by atoms with E-state index in [9.17, 15) is 4.79 Å². The topological polar surface area (TPSA) is 22.0 Å². The van der Waals surface area contributed by atoms with Gasteiger partial charge in [-0.3, -0.25) is 4.79 Å². The quantitative estimate of drug-likeness (QED) is 0.573. The van der Waals surface area contributed by atoms with Crippen LogP contribution in [0.15, 0.2) is 6.07 Å². The van der Waals surface area contributed by atoms with E-state index in [1.807, 2.05) is 6.07 Å². The van der Waals surface area contributed by atoms with Gasteiger partial charge in [0, 0.05) is 23.0 Å². The molecule has 0 amide bonds. The Hall–Kier alpha value is -0.760. The van der Waals surface area contributed by atoms with Crippen LogP contribution in [0.1, 0.15) is 67.8 Å². The summed E-state index contributed by atoms with van der Waals surface area (Å²) in [7, 11) is 0. The van der Waals surface area contributed by atoms with E-state index in [4.69, 9.17) is 11.6 Å². The standard InChI is InChI=1S/C17H26ClNO/c1-10-7-6-8-16(12(10)3)19-11(2)9-15(14(19)5)17(20)13(4)18/h9-10,12-13,16H,6-8H2,1-5H3. The number of rotatable bonds is 3. The predicted octanol–water partition coefficient (Wildman–Crippen LogP) is 4.91. The van der Waals surface area contributed by atoms with Crippen LogP contribution in [0.25, 0.3) is 0 Å². The van der Waals surface area contributed by atoms with Crippen molar-refractivity contribution in [3.8, 4) is 0 Å². The molecule has 3 heteroatoms. The fraction of sp³-hybridized carbons (Fsp3) is 0.706. The van der Waals surface area contributed by atoms with Crippen molar-refractivity contribution >= 4 is 17.4 Å². The van der Waals surface area contributed by atoms with Gasteiger partial charge in [-0.15, -0.1) is 11.6 Å². The van der Waals surface area contributed by atoms with Gasteiger partial charge in [0.1, 0.15) is 0 Å². The SMILES string of the molecule is Cc1cc(C(=O)C(C)Cl)c(C)n1C1CCCC(C)C1C. The van der Waals surface area contributed by atoms with Crippen molar-refractivity contribution in [1.82, 2.24) is 4.57 Å². The molecule has 1 fully saturated rings. The van der Waals surface area contributed by atoms with Crippen LogP contribution in [0.4, 0.5) is 0 Å². The second-order valence-corrected chi connectivity index (χ2v) is 7.12. The van der Waals surface area contributed by atoms with Crippen LogP contribution in [-0.4, -0.2) is 15.7 Å². The van der Waals surface area contributed by atoms with Crippen molar-refractivity contribution in [3.05, 3.63) is 23.0 Å². The van der Waals surface area contributed by atoms with E-state index in [0.717, 1.165) is 17.2 Å². The Labute approximate surface area is 127 Å². The zero-order valence-corrected chi connectivity index (χ0v) is 14.0. The highest BCUT2D eigenvalue weighted by molar-refractivity contribution is 6.33. The minimum Gasteiger partial charge on any atom is -0.345 e. The molecular formula is C17H26ClNO. The zero-order valence-electron chi connectivity index (χ0n) is 13.2. The molecule has 1 aliphatic carbocycles. The normalized spacial score (nSPS) is 28.4. The fourth-order valence-electron chi connectivity index (χ4n) is 3.67. The van der Waals surface area contributed by atoms with E-state index in [-0.39, 0.29) is 5.78 Å². The first-order valence-corrected chi connectivity index (χ1v) is 8.15. The van der Waals surface area contributed by atoms with Gasteiger partial charge in [0.25, 0.3) is 0 Å². The van der Waals surface area contributed by atoms with E-state index < -0.39 is 5.38 Å². The van der Waals surface area contributed by atoms with Crippen molar-refractivity contribution in [1.29, 1.82) is 0 Å². The van der Waals surface area contributed by atoms with Crippen molar-refractivity contribution < 1.29 is 4.79 Å². The lowest BCUT2D eigenvalue weighted by molar-refractivity contribution is 0.0990. The molecule has 0 aromatic carbocycles. The first-order valence-electron chi connectivity index (χ1n) is 7.71. The van der Waals surface area contributed by atoms with Crippen molar-refractivity contribution in [3.63, 3.8) is 0 Å². The van der Waals surface area contributed by atoms with Gasteiger partial charge >= 0.3 is 0 Å². The highest BCUT2D eigenvalue weighted by Gasteiger charge is 2.31. The molecule has 0 spiro atoms. The number of Topliss-reactive ketones (excluding diaryl/α,β-unsaturated/α-hetero) is 1. The Kier molecular flexibility index (Phi) is 4.63. The maximum atomic E-state index is 12.2. The molecule has 0 bridgehead atoms. The molecule has 2 rings (SSSR count). The number of aromatic nitrogens is 1. The number of nitrogens with zero attached hydrogens (tertiary/aromatic N) is 1. The molecule has 0 aliphatic heterocycles. The third kappa shape index (κ3) is 2.67. The van der Waals surface area contributed by atoms with Gasteiger partial charge < -0.3 is 4.57 Å². The van der Waals surface area contributed by atoms with Gasteiger partial charge in [-0.05, 0) is 45.1 Å². The molecule has 1 aliphatic rings. The number of ketones is 1. The number of aryl methyl sites for hydroxylation is 1. The zero-order chi connectivity index (χ0) is 15.0. The summed E-state index contributed by atoms with van der Waals surface area (Å²) in [5.74, 6) is 1.45. The van der Waals surface area contributed by atoms with Gasteiger partial charge in [0.2, 0.25) is 0 Å². The van der Waals surface area contributed by atoms with E-state index in [0.29, 0.717) is 12.0 Å². The van der Waals surface area contributed by atoms with Gasteiger partial charge in [-0.2, -0.15) is 0 Å². The number of carbonyl (C=O) groups excluding carboxylic acids is 1. The lowest BCUT2D eigenvalue weighted by atomic mass is 9.77. The summed E-state index contributed by atoms with van der Waals surface area (Å²) in [6.07, 6.45) is 3.82. The maximum Gasteiger partial charge on any atom is 0.182 e. The van der Waals surface area contributed by atoms with Crippen LogP contribution in [-0.2, 0) is 0 Å². The van der Waals surface area contributed by atoms with Crippen molar-refractivity contribution in [2.24, 2.45) is 11.8 Å². The highest BCUT2D eigenvalue weighted by Crippen LogP contribution is 2.39. The van der Waals surface area contributed by atoms with Crippen LogP contribution in [0.2, 0.25) is 0 Å². The van der Waals surface area contributed by atoms with E-state index in [2.05, 4.69) is 32.3 Å². The van der Waals surface area contributed by atoms with E-state index in [1.54, 1.807) is 6.92 Å². The number of hydrogen-bond acceptors (Lipinski definition) is 1. The molecule has 1 heterocycles. The van der Waals surface area contributed by atoms with Gasteiger partial charge in [0.15, 0.2) is 5.78 Å².